The molecule has 0 spiro atoms. The predicted molar refractivity (Wildman–Crippen MR) is 123 cm³/mol. The Morgan fingerprint density at radius 1 is 1.34 bits per heavy atom. The van der Waals surface area contributed by atoms with Crippen molar-refractivity contribution >= 4 is 38.7 Å². The smallest absolute Gasteiger partial charge is 0.319 e. The van der Waals surface area contributed by atoms with E-state index < -0.39 is 18.3 Å². The van der Waals surface area contributed by atoms with Crippen molar-refractivity contribution < 1.29 is 24.5 Å². The number of aliphatic hydroxyl groups excluding tert-OH is 2. The fraction of sp³-hybridized carbons (Fsp3) is 0.364. The topological polar surface area (TPSA) is 129 Å². The highest BCUT2D eigenvalue weighted by Crippen LogP contribution is 2.32. The van der Waals surface area contributed by atoms with Crippen molar-refractivity contribution in [1.29, 1.82) is 0 Å². The number of aliphatic hydroxyl groups is 2. The third-order valence-electron chi connectivity index (χ3n) is 5.38. The molecule has 10 heteroatoms. The van der Waals surface area contributed by atoms with Crippen LogP contribution in [0.5, 0.6) is 5.75 Å². The number of aromatic amines is 1. The van der Waals surface area contributed by atoms with Crippen LogP contribution in [0, 0.1) is 0 Å². The second kappa shape index (κ2) is 9.86. The van der Waals surface area contributed by atoms with Crippen molar-refractivity contribution in [2.75, 3.05) is 25.6 Å². The Labute approximate surface area is 193 Å². The number of nitrogens with one attached hydrogen (secondary N) is 3. The minimum atomic E-state index is -0.724. The third kappa shape index (κ3) is 5.04. The molecule has 1 fully saturated rings. The van der Waals surface area contributed by atoms with Crippen LogP contribution in [0.3, 0.4) is 0 Å². The van der Waals surface area contributed by atoms with Crippen LogP contribution >= 0.6 is 15.9 Å². The van der Waals surface area contributed by atoms with E-state index in [1.165, 1.54) is 0 Å². The zero-order valence-corrected chi connectivity index (χ0v) is 19.1. The number of halogens is 1. The van der Waals surface area contributed by atoms with Crippen LogP contribution < -0.4 is 15.4 Å². The maximum absolute atomic E-state index is 12.3. The molecule has 0 saturated carbocycles. The van der Waals surface area contributed by atoms with E-state index in [1.54, 1.807) is 25.3 Å². The first kappa shape index (κ1) is 22.5. The number of ether oxygens (including phenoxy) is 2. The van der Waals surface area contributed by atoms with Gasteiger partial charge >= 0.3 is 6.03 Å². The van der Waals surface area contributed by atoms with E-state index in [9.17, 15) is 15.0 Å². The summed E-state index contributed by atoms with van der Waals surface area (Å²) in [4.78, 5) is 20.0. The standard InChI is InChI=1S/C22H25BrN4O5/c1-31-18-5-2-12(8-14(18)23)6-7-24-22(30)25-13-3-4-15-16(9-13)27-21(26-15)19-10-17(29)20(11-28)32-19/h2-5,8-9,17,19-20,28-29H,6-7,10-11H2,1H3,(H,26,27)(H2,24,25,30)/t17-,19+,20+/m0/s1. The molecule has 1 aromatic heterocycles. The second-order valence-electron chi connectivity index (χ2n) is 7.60. The minimum absolute atomic E-state index is 0.239. The molecule has 3 atom stereocenters. The van der Waals surface area contributed by atoms with Crippen LogP contribution in [0.2, 0.25) is 0 Å². The van der Waals surface area contributed by atoms with Crippen LogP contribution in [0.4, 0.5) is 10.5 Å². The lowest BCUT2D eigenvalue weighted by Gasteiger charge is -2.10. The summed E-state index contributed by atoms with van der Waals surface area (Å²) >= 11 is 3.46. The average molecular weight is 505 g/mol. The van der Waals surface area contributed by atoms with Crippen LogP contribution in [0.1, 0.15) is 23.9 Å². The van der Waals surface area contributed by atoms with E-state index in [4.69, 9.17) is 9.47 Å². The summed E-state index contributed by atoms with van der Waals surface area (Å²) in [5.41, 5.74) is 3.16. The van der Waals surface area contributed by atoms with Crippen molar-refractivity contribution in [2.24, 2.45) is 0 Å². The molecule has 2 aromatic carbocycles. The lowest BCUT2D eigenvalue weighted by molar-refractivity contribution is -0.0244. The average Bonchev–Trinajstić information content (AvgIpc) is 3.36. The number of rotatable bonds is 7. The summed E-state index contributed by atoms with van der Waals surface area (Å²) in [5, 5.41) is 24.9. The van der Waals surface area contributed by atoms with E-state index in [0.29, 0.717) is 30.9 Å². The van der Waals surface area contributed by atoms with Gasteiger partial charge in [-0.05, 0) is 58.2 Å². The predicted octanol–water partition coefficient (Wildman–Crippen LogP) is 2.88. The van der Waals surface area contributed by atoms with Gasteiger partial charge in [0, 0.05) is 18.7 Å². The lowest BCUT2D eigenvalue weighted by atomic mass is 10.1. The molecular weight excluding hydrogens is 480 g/mol. The fourth-order valence-electron chi connectivity index (χ4n) is 3.69. The van der Waals surface area contributed by atoms with Crippen LogP contribution in [-0.4, -0.2) is 58.7 Å². The SMILES string of the molecule is COc1ccc(CCNC(=O)Nc2ccc3nc([C@H]4C[C@H](O)[C@@H](CO)O4)[nH]c3c2)cc1Br. The summed E-state index contributed by atoms with van der Waals surface area (Å²) in [6.07, 6.45) is -0.691. The van der Waals surface area contributed by atoms with Crippen LogP contribution in [0.25, 0.3) is 11.0 Å². The lowest BCUT2D eigenvalue weighted by Crippen LogP contribution is -2.30. The van der Waals surface area contributed by atoms with Gasteiger partial charge in [0.15, 0.2) is 0 Å². The summed E-state index contributed by atoms with van der Waals surface area (Å²) in [6.45, 7) is 0.241. The van der Waals surface area contributed by atoms with E-state index in [0.717, 1.165) is 26.8 Å². The van der Waals surface area contributed by atoms with E-state index >= 15 is 0 Å². The number of amides is 2. The number of hydrogen-bond acceptors (Lipinski definition) is 6. The molecule has 170 valence electrons. The molecule has 32 heavy (non-hydrogen) atoms. The van der Waals surface area contributed by atoms with E-state index in [1.807, 2.05) is 18.2 Å². The number of hydrogen-bond donors (Lipinski definition) is 5. The minimum Gasteiger partial charge on any atom is -0.496 e. The van der Waals surface area contributed by atoms with Gasteiger partial charge in [0.1, 0.15) is 23.8 Å². The van der Waals surface area contributed by atoms with Crippen molar-refractivity contribution in [3.63, 3.8) is 0 Å². The van der Waals surface area contributed by atoms with E-state index in [-0.39, 0.29) is 12.6 Å². The van der Waals surface area contributed by atoms with E-state index in [2.05, 4.69) is 36.5 Å². The fourth-order valence-corrected chi connectivity index (χ4v) is 4.28. The first-order chi connectivity index (χ1) is 15.5. The molecule has 1 aliphatic rings. The van der Waals surface area contributed by atoms with Gasteiger partial charge in [0.25, 0.3) is 0 Å². The highest BCUT2D eigenvalue weighted by molar-refractivity contribution is 9.10. The Morgan fingerprint density at radius 3 is 2.91 bits per heavy atom. The van der Waals surface area contributed by atoms with Crippen molar-refractivity contribution in [3.05, 3.63) is 52.3 Å². The zero-order chi connectivity index (χ0) is 22.7. The molecule has 5 N–H and O–H groups in total. The Morgan fingerprint density at radius 2 is 2.19 bits per heavy atom. The first-order valence-electron chi connectivity index (χ1n) is 10.3. The van der Waals surface area contributed by atoms with Gasteiger partial charge in [0.2, 0.25) is 0 Å². The molecule has 0 bridgehead atoms. The number of nitrogens with zero attached hydrogens (tertiary/aromatic N) is 1. The summed E-state index contributed by atoms with van der Waals surface area (Å²) in [5.74, 6) is 1.35. The second-order valence-corrected chi connectivity index (χ2v) is 8.46. The molecule has 0 aliphatic carbocycles. The Hall–Kier alpha value is -2.66. The molecule has 9 nitrogen and oxygen atoms in total. The van der Waals surface area contributed by atoms with Gasteiger partial charge in [-0.15, -0.1) is 0 Å². The van der Waals surface area contributed by atoms with Crippen molar-refractivity contribution in [2.45, 2.75) is 31.2 Å². The number of imidazole rings is 1. The van der Waals surface area contributed by atoms with Gasteiger partial charge in [-0.2, -0.15) is 0 Å². The molecule has 0 unspecified atom stereocenters. The zero-order valence-electron chi connectivity index (χ0n) is 17.5. The molecule has 1 aliphatic heterocycles. The monoisotopic (exact) mass is 504 g/mol. The van der Waals surface area contributed by atoms with Crippen LogP contribution in [0.15, 0.2) is 40.9 Å². The molecule has 4 rings (SSSR count). The highest BCUT2D eigenvalue weighted by Gasteiger charge is 2.35. The quantitative estimate of drug-likeness (QED) is 0.336. The number of fused-ring (bicyclic) bond motifs is 1. The summed E-state index contributed by atoms with van der Waals surface area (Å²) < 4.78 is 11.7. The van der Waals surface area contributed by atoms with Crippen molar-refractivity contribution in [3.8, 4) is 5.75 Å². The first-order valence-corrected chi connectivity index (χ1v) is 11.1. The number of benzene rings is 2. The van der Waals surface area contributed by atoms with Gasteiger partial charge in [-0.25, -0.2) is 9.78 Å². The molecular formula is C22H25BrN4O5. The van der Waals surface area contributed by atoms with Crippen LogP contribution in [-0.2, 0) is 11.2 Å². The number of carbonyl (C=O) groups is 1. The number of methoxy groups -OCH3 is 1. The van der Waals surface area contributed by atoms with Crippen molar-refractivity contribution in [1.82, 2.24) is 15.3 Å². The molecule has 1 saturated heterocycles. The Kier molecular flexibility index (Phi) is 6.95. The van der Waals surface area contributed by atoms with Gasteiger partial charge in [0.05, 0.1) is 35.3 Å². The number of aromatic nitrogens is 2. The number of anilines is 1. The number of carbonyl (C=O) groups excluding carboxylic acids is 1. The maximum atomic E-state index is 12.3. The maximum Gasteiger partial charge on any atom is 0.319 e. The molecule has 2 amide bonds. The largest absolute Gasteiger partial charge is 0.496 e. The molecule has 3 aromatic rings. The normalized spacial score (nSPS) is 20.4. The number of H-pyrrole nitrogens is 1. The number of urea groups is 1. The van der Waals surface area contributed by atoms with Gasteiger partial charge in [-0.3, -0.25) is 0 Å². The Bertz CT molecular complexity index is 1110. The summed E-state index contributed by atoms with van der Waals surface area (Å²) in [6, 6.07) is 10.9. The van der Waals surface area contributed by atoms with Gasteiger partial charge in [-0.1, -0.05) is 6.07 Å². The summed E-state index contributed by atoms with van der Waals surface area (Å²) in [7, 11) is 1.62. The molecule has 0 radical (unpaired) electrons. The third-order valence-corrected chi connectivity index (χ3v) is 6.00. The van der Waals surface area contributed by atoms with Gasteiger partial charge < -0.3 is 35.3 Å². The Balaban J connectivity index is 1.33. The highest BCUT2D eigenvalue weighted by atomic mass is 79.9. The molecule has 2 heterocycles.